The summed E-state index contributed by atoms with van der Waals surface area (Å²) in [4.78, 5) is 14.8. The topological polar surface area (TPSA) is 59.3 Å². The number of aromatic nitrogens is 2. The highest BCUT2D eigenvalue weighted by Crippen LogP contribution is 2.38. The third kappa shape index (κ3) is 9.60. The maximum atomic E-state index is 11.3. The van der Waals surface area contributed by atoms with Gasteiger partial charge in [-0.15, -0.1) is 26.3 Å². The summed E-state index contributed by atoms with van der Waals surface area (Å²) >= 11 is 0. The van der Waals surface area contributed by atoms with Crippen molar-refractivity contribution in [1.29, 1.82) is 0 Å². The second-order valence-corrected chi connectivity index (χ2v) is 7.99. The summed E-state index contributed by atoms with van der Waals surface area (Å²) in [6.07, 6.45) is 9.14. The molecular weight excluding hydrogens is 408 g/mol. The minimum Gasteiger partial charge on any atom is -0.326 e. The summed E-state index contributed by atoms with van der Waals surface area (Å²) in [6, 6.07) is 4.88. The molecule has 2 aliphatic rings. The maximum Gasteiger partial charge on any atom is 0.221 e. The number of rotatable bonds is 3. The first-order valence-corrected chi connectivity index (χ1v) is 11.8. The number of fused-ring (bicyclic) bond motifs is 2. The minimum absolute atomic E-state index is 0.0643. The van der Waals surface area contributed by atoms with Crippen LogP contribution in [0.5, 0.6) is 0 Å². The van der Waals surface area contributed by atoms with Crippen molar-refractivity contribution in [2.24, 2.45) is 4.99 Å². The average molecular weight is 453 g/mol. The van der Waals surface area contributed by atoms with Crippen molar-refractivity contribution in [1.82, 2.24) is 9.78 Å². The Morgan fingerprint density at radius 3 is 1.88 bits per heavy atom. The molecule has 0 bridgehead atoms. The largest absolute Gasteiger partial charge is 0.326 e. The van der Waals surface area contributed by atoms with Crippen molar-refractivity contribution < 1.29 is 4.79 Å². The van der Waals surface area contributed by atoms with E-state index in [-0.39, 0.29) is 5.91 Å². The van der Waals surface area contributed by atoms with E-state index >= 15 is 0 Å². The maximum absolute atomic E-state index is 11.3. The van der Waals surface area contributed by atoms with E-state index < -0.39 is 0 Å². The Hall–Kier alpha value is -2.95. The summed E-state index contributed by atoms with van der Waals surface area (Å²) in [7, 11) is 0. The molecule has 0 saturated heterocycles. The van der Waals surface area contributed by atoms with E-state index in [1.165, 1.54) is 47.9 Å². The van der Waals surface area contributed by atoms with Crippen molar-refractivity contribution in [3.05, 3.63) is 72.6 Å². The fourth-order valence-corrected chi connectivity index (χ4v) is 3.86. The molecule has 1 aromatic heterocycles. The van der Waals surface area contributed by atoms with Gasteiger partial charge in [-0.1, -0.05) is 6.07 Å². The van der Waals surface area contributed by atoms with Crippen LogP contribution in [0, 0.1) is 6.92 Å². The van der Waals surface area contributed by atoms with Crippen LogP contribution in [0.2, 0.25) is 0 Å². The lowest BCUT2D eigenvalue weighted by Crippen LogP contribution is -2.11. The standard InChI is InChI=1S/C14H17NO.C7H12N2.C3H7N.2C2H4/c1-9(16)15-14-12-6-2-4-10(12)8-11-5-3-7-13(11)14;1-6(2)9-5-4-7(3)8-9;1-3-4-2;2*1-2/h8H,2-7H2,1H3,(H,15,16);4-6H,1-3H3;2-3H2,1H3;2*1-2H2. The third-order valence-electron chi connectivity index (χ3n) is 5.27. The smallest absolute Gasteiger partial charge is 0.221 e. The summed E-state index contributed by atoms with van der Waals surface area (Å²) < 4.78 is 1.95. The lowest BCUT2D eigenvalue weighted by molar-refractivity contribution is -0.114. The Labute approximate surface area is 201 Å². The summed E-state index contributed by atoms with van der Waals surface area (Å²) in [6.45, 7) is 25.9. The number of carbonyl (C=O) groups is 1. The molecule has 1 heterocycles. The van der Waals surface area contributed by atoms with Crippen LogP contribution in [0.25, 0.3) is 0 Å². The lowest BCUT2D eigenvalue weighted by Gasteiger charge is -2.14. The van der Waals surface area contributed by atoms with E-state index in [9.17, 15) is 4.79 Å². The number of hydrogen-bond acceptors (Lipinski definition) is 3. The number of benzene rings is 1. The molecule has 0 radical (unpaired) electrons. The highest BCUT2D eigenvalue weighted by Gasteiger charge is 2.24. The lowest BCUT2D eigenvalue weighted by atomic mass is 9.99. The Morgan fingerprint density at radius 2 is 1.58 bits per heavy atom. The molecule has 2 aromatic rings. The Kier molecular flexibility index (Phi) is 15.2. The van der Waals surface area contributed by atoms with E-state index in [0.717, 1.165) is 30.8 Å². The molecule has 0 fully saturated rings. The first-order valence-electron chi connectivity index (χ1n) is 11.8. The third-order valence-corrected chi connectivity index (χ3v) is 5.27. The molecule has 2 aliphatic carbocycles. The molecule has 5 heteroatoms. The predicted octanol–water partition coefficient (Wildman–Crippen LogP) is 6.71. The molecule has 0 spiro atoms. The van der Waals surface area contributed by atoms with Gasteiger partial charge in [-0.05, 0) is 101 Å². The van der Waals surface area contributed by atoms with Crippen molar-refractivity contribution in [3.63, 3.8) is 0 Å². The molecule has 33 heavy (non-hydrogen) atoms. The van der Waals surface area contributed by atoms with Crippen molar-refractivity contribution in [3.8, 4) is 0 Å². The minimum atomic E-state index is 0.0643. The molecule has 1 amide bonds. The van der Waals surface area contributed by atoms with Crippen molar-refractivity contribution in [2.75, 3.05) is 11.9 Å². The average Bonchev–Trinajstić information content (AvgIpc) is 3.57. The number of carbonyl (C=O) groups excluding carboxylic acids is 1. The second kappa shape index (κ2) is 16.7. The number of amides is 1. The van der Waals surface area contributed by atoms with Gasteiger partial charge in [0.2, 0.25) is 5.91 Å². The second-order valence-electron chi connectivity index (χ2n) is 7.99. The van der Waals surface area contributed by atoms with Gasteiger partial charge in [0.25, 0.3) is 0 Å². The van der Waals surface area contributed by atoms with Crippen LogP contribution < -0.4 is 5.32 Å². The van der Waals surface area contributed by atoms with E-state index in [1.54, 1.807) is 6.92 Å². The van der Waals surface area contributed by atoms with E-state index in [1.807, 2.05) is 30.8 Å². The van der Waals surface area contributed by atoms with Crippen molar-refractivity contribution >= 4 is 18.3 Å². The molecule has 0 unspecified atom stereocenters. The fourth-order valence-electron chi connectivity index (χ4n) is 3.86. The Morgan fingerprint density at radius 1 is 1.09 bits per heavy atom. The molecule has 0 atom stereocenters. The van der Waals surface area contributed by atoms with Gasteiger partial charge in [0.15, 0.2) is 0 Å². The first-order chi connectivity index (χ1) is 15.9. The SMILES string of the molecule is C=C.C=C.C=NCC.CC(=O)Nc1c2c(cc3c1CCC3)CCC2.Cc1ccn(C(C)C)n1. The number of aryl methyl sites for hydroxylation is 3. The van der Waals surface area contributed by atoms with Gasteiger partial charge in [-0.25, -0.2) is 0 Å². The van der Waals surface area contributed by atoms with E-state index in [2.05, 4.69) is 68.4 Å². The molecule has 5 nitrogen and oxygen atoms in total. The fraction of sp³-hybridized carbons (Fsp3) is 0.464. The number of anilines is 1. The predicted molar refractivity (Wildman–Crippen MR) is 145 cm³/mol. The van der Waals surface area contributed by atoms with Crippen LogP contribution >= 0.6 is 0 Å². The van der Waals surface area contributed by atoms with Gasteiger partial charge >= 0.3 is 0 Å². The molecule has 1 N–H and O–H groups in total. The van der Waals surface area contributed by atoms with Gasteiger partial charge in [0.05, 0.1) is 5.69 Å². The number of nitrogens with one attached hydrogen (secondary N) is 1. The molecule has 0 saturated carbocycles. The number of aliphatic imine (C=N–C) groups is 1. The quantitative estimate of drug-likeness (QED) is 0.416. The van der Waals surface area contributed by atoms with Gasteiger partial charge in [0.1, 0.15) is 0 Å². The zero-order valence-electron chi connectivity index (χ0n) is 21.5. The van der Waals surface area contributed by atoms with Crippen LogP contribution in [0.15, 0.2) is 49.6 Å². The van der Waals surface area contributed by atoms with Gasteiger partial charge in [0, 0.05) is 31.4 Å². The summed E-state index contributed by atoms with van der Waals surface area (Å²) in [5.74, 6) is 0.0643. The van der Waals surface area contributed by atoms with Gasteiger partial charge < -0.3 is 10.3 Å². The molecule has 1 aromatic carbocycles. The summed E-state index contributed by atoms with van der Waals surface area (Å²) in [5.41, 5.74) is 8.03. The molecule has 0 aliphatic heterocycles. The highest BCUT2D eigenvalue weighted by atomic mass is 16.1. The number of hydrogen-bond donors (Lipinski definition) is 1. The first kappa shape index (κ1) is 30.0. The molecule has 182 valence electrons. The van der Waals surface area contributed by atoms with Crippen LogP contribution in [0.4, 0.5) is 5.69 Å². The molecule has 4 rings (SSSR count). The van der Waals surface area contributed by atoms with Crippen molar-refractivity contribution in [2.45, 2.75) is 79.2 Å². The van der Waals surface area contributed by atoms with E-state index in [0.29, 0.717) is 6.04 Å². The summed E-state index contributed by atoms with van der Waals surface area (Å²) in [5, 5.41) is 7.29. The normalized spacial score (nSPS) is 12.2. The van der Waals surface area contributed by atoms with E-state index in [4.69, 9.17) is 0 Å². The van der Waals surface area contributed by atoms with Crippen LogP contribution in [0.1, 0.15) is 74.5 Å². The van der Waals surface area contributed by atoms with Crippen LogP contribution in [-0.2, 0) is 30.5 Å². The zero-order chi connectivity index (χ0) is 25.4. The van der Waals surface area contributed by atoms with Crippen LogP contribution in [-0.4, -0.2) is 28.9 Å². The van der Waals surface area contributed by atoms with Crippen LogP contribution in [0.3, 0.4) is 0 Å². The monoisotopic (exact) mass is 452 g/mol. The Bertz CT molecular complexity index is 833. The van der Waals surface area contributed by atoms with Gasteiger partial charge in [-0.2, -0.15) is 5.10 Å². The molecular formula is C28H44N4O. The highest BCUT2D eigenvalue weighted by molar-refractivity contribution is 5.91. The number of nitrogens with zero attached hydrogens (tertiary/aromatic N) is 3. The zero-order valence-corrected chi connectivity index (χ0v) is 21.5. The Balaban J connectivity index is 0.000000513. The van der Waals surface area contributed by atoms with Gasteiger partial charge in [-0.3, -0.25) is 9.48 Å².